The van der Waals surface area contributed by atoms with Crippen molar-refractivity contribution in [2.45, 2.75) is 17.8 Å². The van der Waals surface area contributed by atoms with E-state index in [2.05, 4.69) is 0 Å². The van der Waals surface area contributed by atoms with Gasteiger partial charge in [0.1, 0.15) is 5.25 Å². The van der Waals surface area contributed by atoms with E-state index in [0.717, 1.165) is 0 Å². The van der Waals surface area contributed by atoms with Gasteiger partial charge in [0.25, 0.3) is 0 Å². The minimum atomic E-state index is -3.19. The van der Waals surface area contributed by atoms with Gasteiger partial charge in [-0.25, -0.2) is 8.42 Å². The van der Waals surface area contributed by atoms with Crippen molar-refractivity contribution in [3.63, 3.8) is 0 Å². The molecule has 2 heterocycles. The second-order valence-electron chi connectivity index (χ2n) is 3.97. The van der Waals surface area contributed by atoms with E-state index in [1.165, 1.54) is 4.31 Å². The molecular formula is C7H13NO4S. The Hall–Kier alpha value is -0.170. The molecule has 76 valence electrons. The smallest absolute Gasteiger partial charge is 0.221 e. The van der Waals surface area contributed by atoms with Crippen LogP contribution >= 0.6 is 0 Å². The van der Waals surface area contributed by atoms with Crippen molar-refractivity contribution in [1.82, 2.24) is 4.31 Å². The van der Waals surface area contributed by atoms with Crippen molar-refractivity contribution in [1.29, 1.82) is 0 Å². The van der Waals surface area contributed by atoms with E-state index in [1.807, 2.05) is 0 Å². The van der Waals surface area contributed by atoms with Gasteiger partial charge in [0, 0.05) is 13.1 Å². The number of ether oxygens (including phenoxy) is 1. The first-order valence-electron chi connectivity index (χ1n) is 4.21. The van der Waals surface area contributed by atoms with Crippen LogP contribution in [0.3, 0.4) is 0 Å². The van der Waals surface area contributed by atoms with Crippen LogP contribution in [-0.4, -0.2) is 55.0 Å². The zero-order valence-corrected chi connectivity index (χ0v) is 8.25. The highest BCUT2D eigenvalue weighted by molar-refractivity contribution is 7.89. The Balaban J connectivity index is 2.02. The van der Waals surface area contributed by atoms with Gasteiger partial charge in [-0.3, -0.25) is 0 Å². The quantitative estimate of drug-likeness (QED) is 0.616. The third-order valence-electron chi connectivity index (χ3n) is 2.42. The van der Waals surface area contributed by atoms with E-state index < -0.39 is 15.6 Å². The summed E-state index contributed by atoms with van der Waals surface area (Å²) < 4.78 is 29.4. The van der Waals surface area contributed by atoms with Crippen molar-refractivity contribution in [3.8, 4) is 0 Å². The number of sulfonamides is 1. The maximum atomic E-state index is 11.6. The molecule has 2 fully saturated rings. The fourth-order valence-electron chi connectivity index (χ4n) is 1.49. The van der Waals surface area contributed by atoms with Crippen molar-refractivity contribution < 1.29 is 18.3 Å². The maximum Gasteiger partial charge on any atom is 0.221 e. The number of rotatable bonds is 2. The van der Waals surface area contributed by atoms with Gasteiger partial charge in [-0.05, 0) is 6.92 Å². The van der Waals surface area contributed by atoms with Gasteiger partial charge in [-0.2, -0.15) is 4.31 Å². The molecule has 2 saturated heterocycles. The topological polar surface area (TPSA) is 66.8 Å². The van der Waals surface area contributed by atoms with Crippen molar-refractivity contribution in [2.75, 3.05) is 26.3 Å². The standard InChI is InChI=1S/C7H13NO4S/c1-7(9)4-8(5-7)13(10,11)6-2-12-3-6/h6,9H,2-5H2,1H3. The van der Waals surface area contributed by atoms with Gasteiger partial charge in [0.05, 0.1) is 18.8 Å². The van der Waals surface area contributed by atoms with Crippen LogP contribution in [0.15, 0.2) is 0 Å². The predicted octanol–water partition coefficient (Wildman–Crippen LogP) is -1.22. The van der Waals surface area contributed by atoms with Crippen LogP contribution in [0.2, 0.25) is 0 Å². The molecule has 0 spiro atoms. The van der Waals surface area contributed by atoms with E-state index in [4.69, 9.17) is 4.74 Å². The van der Waals surface area contributed by atoms with Gasteiger partial charge in [-0.15, -0.1) is 0 Å². The summed E-state index contributed by atoms with van der Waals surface area (Å²) in [7, 11) is -3.19. The Morgan fingerprint density at radius 3 is 2.31 bits per heavy atom. The average molecular weight is 207 g/mol. The van der Waals surface area contributed by atoms with Crippen LogP contribution in [0.25, 0.3) is 0 Å². The maximum absolute atomic E-state index is 11.6. The molecule has 0 radical (unpaired) electrons. The van der Waals surface area contributed by atoms with Crippen LogP contribution in [0, 0.1) is 0 Å². The molecular weight excluding hydrogens is 194 g/mol. The summed E-state index contributed by atoms with van der Waals surface area (Å²) in [6, 6.07) is 0. The zero-order valence-electron chi connectivity index (χ0n) is 7.43. The molecule has 0 saturated carbocycles. The molecule has 0 aromatic carbocycles. The lowest BCUT2D eigenvalue weighted by atomic mass is 10.0. The second kappa shape index (κ2) is 2.66. The number of hydrogen-bond donors (Lipinski definition) is 1. The number of hydrogen-bond acceptors (Lipinski definition) is 4. The third kappa shape index (κ3) is 1.48. The Bertz CT molecular complexity index is 298. The van der Waals surface area contributed by atoms with Gasteiger partial charge in [-0.1, -0.05) is 0 Å². The van der Waals surface area contributed by atoms with Crippen molar-refractivity contribution in [3.05, 3.63) is 0 Å². The van der Waals surface area contributed by atoms with Crippen LogP contribution in [0.5, 0.6) is 0 Å². The van der Waals surface area contributed by atoms with Gasteiger partial charge in [0.15, 0.2) is 0 Å². The molecule has 1 N–H and O–H groups in total. The average Bonchev–Trinajstić information content (AvgIpc) is 1.76. The molecule has 2 aliphatic heterocycles. The van der Waals surface area contributed by atoms with Crippen LogP contribution < -0.4 is 0 Å². The lowest BCUT2D eigenvalue weighted by Gasteiger charge is -2.45. The highest BCUT2D eigenvalue weighted by atomic mass is 32.2. The molecule has 0 aromatic rings. The van der Waals surface area contributed by atoms with E-state index in [0.29, 0.717) is 13.2 Å². The summed E-state index contributed by atoms with van der Waals surface area (Å²) in [5.74, 6) is 0. The Morgan fingerprint density at radius 2 is 2.00 bits per heavy atom. The van der Waals surface area contributed by atoms with E-state index in [9.17, 15) is 13.5 Å². The normalized spacial score (nSPS) is 29.4. The molecule has 0 aliphatic carbocycles. The Labute approximate surface area is 77.3 Å². The third-order valence-corrected chi connectivity index (χ3v) is 4.52. The zero-order chi connectivity index (χ0) is 9.69. The molecule has 0 atom stereocenters. The molecule has 0 bridgehead atoms. The minimum absolute atomic E-state index is 0.214. The first kappa shape index (κ1) is 9.39. The molecule has 0 unspecified atom stereocenters. The monoisotopic (exact) mass is 207 g/mol. The molecule has 5 nitrogen and oxygen atoms in total. The second-order valence-corrected chi connectivity index (χ2v) is 6.18. The van der Waals surface area contributed by atoms with Crippen molar-refractivity contribution in [2.24, 2.45) is 0 Å². The fourth-order valence-corrected chi connectivity index (χ4v) is 3.36. The summed E-state index contributed by atoms with van der Waals surface area (Å²) in [5, 5.41) is 9.00. The van der Waals surface area contributed by atoms with E-state index >= 15 is 0 Å². The molecule has 0 aromatic heterocycles. The minimum Gasteiger partial charge on any atom is -0.387 e. The lowest BCUT2D eigenvalue weighted by Crippen LogP contribution is -2.64. The fraction of sp³-hybridized carbons (Fsp3) is 1.00. The Kier molecular flexibility index (Phi) is 1.92. The number of β-amino-alcohol motifs (C(OH)–C–C–N with tert-alkyl or cyclic N) is 1. The molecule has 0 amide bonds. The van der Waals surface area contributed by atoms with Gasteiger partial charge in [0.2, 0.25) is 10.0 Å². The highest BCUT2D eigenvalue weighted by Gasteiger charge is 2.47. The van der Waals surface area contributed by atoms with Crippen LogP contribution in [-0.2, 0) is 14.8 Å². The van der Waals surface area contributed by atoms with Gasteiger partial charge < -0.3 is 9.84 Å². The summed E-state index contributed by atoms with van der Waals surface area (Å²) >= 11 is 0. The Morgan fingerprint density at radius 1 is 1.46 bits per heavy atom. The lowest BCUT2D eigenvalue weighted by molar-refractivity contribution is -0.0462. The molecule has 6 heteroatoms. The van der Waals surface area contributed by atoms with Crippen molar-refractivity contribution >= 4 is 10.0 Å². The SMILES string of the molecule is CC1(O)CN(S(=O)(=O)C2COC2)C1. The van der Waals surface area contributed by atoms with Gasteiger partial charge >= 0.3 is 0 Å². The van der Waals surface area contributed by atoms with Crippen LogP contribution in [0.1, 0.15) is 6.92 Å². The first-order valence-corrected chi connectivity index (χ1v) is 5.71. The summed E-state index contributed by atoms with van der Waals surface area (Å²) in [6.07, 6.45) is 0. The van der Waals surface area contributed by atoms with Crippen LogP contribution in [0.4, 0.5) is 0 Å². The number of nitrogens with zero attached hydrogens (tertiary/aromatic N) is 1. The highest BCUT2D eigenvalue weighted by Crippen LogP contribution is 2.27. The summed E-state index contributed by atoms with van der Waals surface area (Å²) in [5.41, 5.74) is -0.836. The molecule has 2 aliphatic rings. The molecule has 2 rings (SSSR count). The predicted molar refractivity (Wildman–Crippen MR) is 45.7 cm³/mol. The molecule has 13 heavy (non-hydrogen) atoms. The summed E-state index contributed by atoms with van der Waals surface area (Å²) in [4.78, 5) is 0. The summed E-state index contributed by atoms with van der Waals surface area (Å²) in [6.45, 7) is 2.65. The largest absolute Gasteiger partial charge is 0.387 e. The van der Waals surface area contributed by atoms with E-state index in [1.54, 1.807) is 6.92 Å². The first-order chi connectivity index (χ1) is 5.92. The van der Waals surface area contributed by atoms with E-state index in [-0.39, 0.29) is 18.3 Å². The number of aliphatic hydroxyl groups is 1.